The number of benzene rings is 2. The number of phenols is 1. The summed E-state index contributed by atoms with van der Waals surface area (Å²) in [6.45, 7) is 8.02. The van der Waals surface area contributed by atoms with Gasteiger partial charge in [0.2, 0.25) is 0 Å². The summed E-state index contributed by atoms with van der Waals surface area (Å²) in [5.41, 5.74) is 3.41. The van der Waals surface area contributed by atoms with Gasteiger partial charge >= 0.3 is 0 Å². The number of phenolic OH excluding ortho intramolecular Hbond substituents is 1. The lowest BCUT2D eigenvalue weighted by Gasteiger charge is -2.11. The Morgan fingerprint density at radius 3 is 2.71 bits per heavy atom. The van der Waals surface area contributed by atoms with Crippen molar-refractivity contribution in [2.45, 2.75) is 20.3 Å². The Morgan fingerprint density at radius 1 is 1.29 bits per heavy atom. The molecule has 1 aliphatic rings. The van der Waals surface area contributed by atoms with Crippen LogP contribution in [0.1, 0.15) is 23.6 Å². The molecule has 0 aromatic heterocycles. The van der Waals surface area contributed by atoms with Crippen LogP contribution in [0.5, 0.6) is 11.5 Å². The van der Waals surface area contributed by atoms with Gasteiger partial charge in [-0.1, -0.05) is 23.8 Å². The molecule has 2 aromatic carbocycles. The first-order chi connectivity index (χ1) is 13.5. The molecule has 1 saturated heterocycles. The SMILES string of the molecule is C=CCc1cc(C=C2SC(=Nc3ccc(C)cc3)NC2=O)cc(OCC)c1O. The topological polar surface area (TPSA) is 70.9 Å². The monoisotopic (exact) mass is 394 g/mol. The van der Waals surface area contributed by atoms with Crippen molar-refractivity contribution in [3.05, 3.63) is 70.6 Å². The lowest BCUT2D eigenvalue weighted by molar-refractivity contribution is -0.115. The van der Waals surface area contributed by atoms with Gasteiger partial charge in [0.25, 0.3) is 5.91 Å². The number of nitrogens with zero attached hydrogens (tertiary/aromatic N) is 1. The fourth-order valence-electron chi connectivity index (χ4n) is 2.72. The third-order valence-electron chi connectivity index (χ3n) is 4.05. The number of amidine groups is 1. The molecule has 28 heavy (non-hydrogen) atoms. The van der Waals surface area contributed by atoms with Crippen LogP contribution in [0, 0.1) is 6.92 Å². The molecule has 0 radical (unpaired) electrons. The van der Waals surface area contributed by atoms with E-state index in [-0.39, 0.29) is 11.7 Å². The number of allylic oxidation sites excluding steroid dienone is 1. The molecule has 0 bridgehead atoms. The summed E-state index contributed by atoms with van der Waals surface area (Å²) in [4.78, 5) is 17.4. The minimum atomic E-state index is -0.202. The molecule has 5 nitrogen and oxygen atoms in total. The Balaban J connectivity index is 1.89. The van der Waals surface area contributed by atoms with Gasteiger partial charge in [0.1, 0.15) is 0 Å². The van der Waals surface area contributed by atoms with Gasteiger partial charge < -0.3 is 15.2 Å². The number of rotatable bonds is 6. The summed E-state index contributed by atoms with van der Waals surface area (Å²) in [6, 6.07) is 11.3. The van der Waals surface area contributed by atoms with Gasteiger partial charge in [-0.15, -0.1) is 6.58 Å². The van der Waals surface area contributed by atoms with Gasteiger partial charge in [0.05, 0.1) is 17.2 Å². The summed E-state index contributed by atoms with van der Waals surface area (Å²) in [5.74, 6) is 0.298. The van der Waals surface area contributed by atoms with Crippen LogP contribution in [0.4, 0.5) is 5.69 Å². The Labute approximate surface area is 168 Å². The van der Waals surface area contributed by atoms with Crippen LogP contribution in [0.25, 0.3) is 6.08 Å². The van der Waals surface area contributed by atoms with Crippen LogP contribution in [0.15, 0.2) is 59.0 Å². The maximum absolute atomic E-state index is 12.3. The molecule has 1 aliphatic heterocycles. The number of aromatic hydroxyl groups is 1. The molecule has 0 spiro atoms. The number of amides is 1. The number of hydrogen-bond donors (Lipinski definition) is 2. The number of aliphatic imine (C=N–C) groups is 1. The first kappa shape index (κ1) is 19.8. The molecule has 1 amide bonds. The van der Waals surface area contributed by atoms with E-state index >= 15 is 0 Å². The van der Waals surface area contributed by atoms with Gasteiger partial charge in [-0.25, -0.2) is 4.99 Å². The zero-order valence-corrected chi connectivity index (χ0v) is 16.7. The van der Waals surface area contributed by atoms with Crippen molar-refractivity contribution >= 4 is 34.6 Å². The summed E-state index contributed by atoms with van der Waals surface area (Å²) >= 11 is 1.28. The highest BCUT2D eigenvalue weighted by Gasteiger charge is 2.24. The second kappa shape index (κ2) is 8.80. The van der Waals surface area contributed by atoms with Crippen LogP contribution < -0.4 is 10.1 Å². The predicted octanol–water partition coefficient (Wildman–Crippen LogP) is 4.72. The maximum atomic E-state index is 12.3. The van der Waals surface area contributed by atoms with E-state index in [0.29, 0.717) is 34.4 Å². The molecular weight excluding hydrogens is 372 g/mol. The number of carbonyl (C=O) groups is 1. The van der Waals surface area contributed by atoms with E-state index in [0.717, 1.165) is 16.8 Å². The predicted molar refractivity (Wildman–Crippen MR) is 115 cm³/mol. The van der Waals surface area contributed by atoms with Crippen LogP contribution in [0.3, 0.4) is 0 Å². The normalized spacial score (nSPS) is 16.4. The van der Waals surface area contributed by atoms with Crippen molar-refractivity contribution in [1.82, 2.24) is 5.32 Å². The minimum Gasteiger partial charge on any atom is -0.504 e. The summed E-state index contributed by atoms with van der Waals surface area (Å²) in [5, 5.41) is 13.6. The van der Waals surface area contributed by atoms with Crippen LogP contribution in [-0.4, -0.2) is 22.8 Å². The Kier molecular flexibility index (Phi) is 6.21. The lowest BCUT2D eigenvalue weighted by Crippen LogP contribution is -2.19. The van der Waals surface area contributed by atoms with E-state index in [4.69, 9.17) is 4.74 Å². The first-order valence-corrected chi connectivity index (χ1v) is 9.77. The second-order valence-corrected chi connectivity index (χ2v) is 7.30. The standard InChI is InChI=1S/C22H22N2O3S/c1-4-6-16-11-15(12-18(20(16)25)27-5-2)13-19-21(26)24-22(28-19)23-17-9-7-14(3)8-10-17/h4,7-13,25H,1,5-6H2,2-3H3,(H,23,24,26). The molecule has 2 N–H and O–H groups in total. The average molecular weight is 394 g/mol. The number of aryl methyl sites for hydroxylation is 1. The number of carbonyl (C=O) groups excluding carboxylic acids is 1. The van der Waals surface area contributed by atoms with Crippen molar-refractivity contribution in [1.29, 1.82) is 0 Å². The average Bonchev–Trinajstić information content (AvgIpc) is 3.00. The molecule has 1 heterocycles. The van der Waals surface area contributed by atoms with Crippen molar-refractivity contribution < 1.29 is 14.6 Å². The number of thioether (sulfide) groups is 1. The van der Waals surface area contributed by atoms with E-state index in [9.17, 15) is 9.90 Å². The van der Waals surface area contributed by atoms with E-state index in [2.05, 4.69) is 16.9 Å². The van der Waals surface area contributed by atoms with E-state index < -0.39 is 0 Å². The molecule has 0 aliphatic carbocycles. The molecule has 1 fully saturated rings. The summed E-state index contributed by atoms with van der Waals surface area (Å²) in [7, 11) is 0. The summed E-state index contributed by atoms with van der Waals surface area (Å²) in [6.07, 6.45) is 3.99. The van der Waals surface area contributed by atoms with Crippen molar-refractivity contribution in [3.8, 4) is 11.5 Å². The quantitative estimate of drug-likeness (QED) is 0.549. The largest absolute Gasteiger partial charge is 0.504 e. The third-order valence-corrected chi connectivity index (χ3v) is 4.96. The fourth-order valence-corrected chi connectivity index (χ4v) is 3.56. The molecular formula is C22H22N2O3S. The van der Waals surface area contributed by atoms with Gasteiger partial charge in [-0.05, 0) is 67.9 Å². The molecule has 0 atom stereocenters. The number of hydrogen-bond acceptors (Lipinski definition) is 5. The highest BCUT2D eigenvalue weighted by molar-refractivity contribution is 8.18. The van der Waals surface area contributed by atoms with Gasteiger partial charge in [-0.2, -0.15) is 0 Å². The van der Waals surface area contributed by atoms with Crippen molar-refractivity contribution in [2.75, 3.05) is 6.61 Å². The number of nitrogens with one attached hydrogen (secondary N) is 1. The minimum absolute atomic E-state index is 0.106. The fraction of sp³-hybridized carbons (Fsp3) is 0.182. The van der Waals surface area contributed by atoms with E-state index in [1.807, 2.05) is 44.2 Å². The molecule has 6 heteroatoms. The van der Waals surface area contributed by atoms with Crippen LogP contribution >= 0.6 is 11.8 Å². The van der Waals surface area contributed by atoms with Crippen LogP contribution in [-0.2, 0) is 11.2 Å². The number of ether oxygens (including phenoxy) is 1. The second-order valence-electron chi connectivity index (χ2n) is 6.27. The highest BCUT2D eigenvalue weighted by atomic mass is 32.2. The van der Waals surface area contributed by atoms with E-state index in [1.54, 1.807) is 18.2 Å². The van der Waals surface area contributed by atoms with Gasteiger partial charge in [0, 0.05) is 5.56 Å². The van der Waals surface area contributed by atoms with Crippen molar-refractivity contribution in [3.63, 3.8) is 0 Å². The molecule has 2 aromatic rings. The molecule has 0 unspecified atom stereocenters. The van der Waals surface area contributed by atoms with Gasteiger partial charge in [-0.3, -0.25) is 4.79 Å². The van der Waals surface area contributed by atoms with E-state index in [1.165, 1.54) is 11.8 Å². The third kappa shape index (κ3) is 4.64. The zero-order valence-electron chi connectivity index (χ0n) is 15.9. The smallest absolute Gasteiger partial charge is 0.264 e. The molecule has 144 valence electrons. The first-order valence-electron chi connectivity index (χ1n) is 8.96. The maximum Gasteiger partial charge on any atom is 0.264 e. The molecule has 3 rings (SSSR count). The Bertz CT molecular complexity index is 962. The molecule has 0 saturated carbocycles. The Morgan fingerprint density at radius 2 is 2.04 bits per heavy atom. The highest BCUT2D eigenvalue weighted by Crippen LogP contribution is 2.35. The van der Waals surface area contributed by atoms with Gasteiger partial charge in [0.15, 0.2) is 16.7 Å². The zero-order chi connectivity index (χ0) is 20.1. The van der Waals surface area contributed by atoms with Crippen molar-refractivity contribution in [2.24, 2.45) is 4.99 Å². The lowest BCUT2D eigenvalue weighted by atomic mass is 10.1. The van der Waals surface area contributed by atoms with Crippen LogP contribution in [0.2, 0.25) is 0 Å². The Hall–Kier alpha value is -2.99. The summed E-state index contributed by atoms with van der Waals surface area (Å²) < 4.78 is 5.52.